The minimum atomic E-state index is -0.691. The first-order chi connectivity index (χ1) is 5.63. The maximum Gasteiger partial charge on any atom is 0.228 e. The van der Waals surface area contributed by atoms with E-state index in [0.29, 0.717) is 12.8 Å². The number of rotatable bonds is 6. The minimum Gasteiger partial charge on any atom is -0.369 e. The van der Waals surface area contributed by atoms with Crippen molar-refractivity contribution in [2.24, 2.45) is 11.1 Å². The molecule has 2 heteroatoms. The molecule has 12 heavy (non-hydrogen) atoms. The van der Waals surface area contributed by atoms with Crippen LogP contribution in [0.25, 0.3) is 0 Å². The fraction of sp³-hybridized carbons (Fsp3) is 0.300. The number of nitrogens with two attached hydrogens (primary N) is 1. The van der Waals surface area contributed by atoms with Crippen LogP contribution in [0.15, 0.2) is 38.0 Å². The second-order valence-corrected chi connectivity index (χ2v) is 2.71. The lowest BCUT2D eigenvalue weighted by molar-refractivity contribution is -0.125. The third-order valence-corrected chi connectivity index (χ3v) is 1.90. The van der Waals surface area contributed by atoms with Crippen LogP contribution in [-0.2, 0) is 4.79 Å². The molecule has 0 unspecified atom stereocenters. The Labute approximate surface area is 73.5 Å². The Balaban J connectivity index is 4.72. The van der Waals surface area contributed by atoms with Crippen molar-refractivity contribution in [3.8, 4) is 0 Å². The molecule has 0 heterocycles. The summed E-state index contributed by atoms with van der Waals surface area (Å²) < 4.78 is 0. The number of amides is 1. The summed E-state index contributed by atoms with van der Waals surface area (Å²) in [6.07, 6.45) is 5.92. The summed E-state index contributed by atoms with van der Waals surface area (Å²) in [6.45, 7) is 10.7. The Kier molecular flexibility index (Phi) is 4.05. The van der Waals surface area contributed by atoms with Crippen LogP contribution in [0, 0.1) is 5.41 Å². The number of primary amides is 1. The van der Waals surface area contributed by atoms with Crippen LogP contribution in [0.1, 0.15) is 12.8 Å². The van der Waals surface area contributed by atoms with Gasteiger partial charge in [-0.25, -0.2) is 0 Å². The zero-order chi connectivity index (χ0) is 9.61. The zero-order valence-electron chi connectivity index (χ0n) is 7.25. The first kappa shape index (κ1) is 10.7. The number of hydrogen-bond donors (Lipinski definition) is 1. The Morgan fingerprint density at radius 1 is 1.25 bits per heavy atom. The van der Waals surface area contributed by atoms with E-state index in [4.69, 9.17) is 5.73 Å². The van der Waals surface area contributed by atoms with Gasteiger partial charge in [0.05, 0.1) is 5.41 Å². The molecule has 0 aromatic carbocycles. The summed E-state index contributed by atoms with van der Waals surface area (Å²) in [6, 6.07) is 0. The van der Waals surface area contributed by atoms with Crippen molar-refractivity contribution in [1.82, 2.24) is 0 Å². The first-order valence-electron chi connectivity index (χ1n) is 3.78. The van der Waals surface area contributed by atoms with Gasteiger partial charge in [0, 0.05) is 0 Å². The molecule has 66 valence electrons. The van der Waals surface area contributed by atoms with Gasteiger partial charge in [0.25, 0.3) is 0 Å². The van der Waals surface area contributed by atoms with Gasteiger partial charge in [0.2, 0.25) is 5.91 Å². The second-order valence-electron chi connectivity index (χ2n) is 2.71. The number of allylic oxidation sites excluding steroid dienone is 2. The summed E-state index contributed by atoms with van der Waals surface area (Å²) in [5.41, 5.74) is 4.56. The van der Waals surface area contributed by atoms with E-state index in [1.54, 1.807) is 18.2 Å². The van der Waals surface area contributed by atoms with Crippen molar-refractivity contribution < 1.29 is 4.79 Å². The van der Waals surface area contributed by atoms with E-state index in [-0.39, 0.29) is 5.91 Å². The summed E-state index contributed by atoms with van der Waals surface area (Å²) in [4.78, 5) is 11.1. The Hall–Kier alpha value is -1.31. The van der Waals surface area contributed by atoms with E-state index in [1.165, 1.54) is 0 Å². The van der Waals surface area contributed by atoms with Crippen LogP contribution in [0.3, 0.4) is 0 Å². The van der Waals surface area contributed by atoms with E-state index < -0.39 is 5.41 Å². The number of carbonyl (C=O) groups excluding carboxylic acids is 1. The largest absolute Gasteiger partial charge is 0.369 e. The molecule has 0 aliphatic rings. The molecule has 0 aliphatic heterocycles. The topological polar surface area (TPSA) is 43.1 Å². The van der Waals surface area contributed by atoms with Gasteiger partial charge in [-0.3, -0.25) is 4.79 Å². The van der Waals surface area contributed by atoms with Crippen molar-refractivity contribution in [1.29, 1.82) is 0 Å². The Morgan fingerprint density at radius 3 is 1.83 bits per heavy atom. The molecule has 0 bridgehead atoms. The molecule has 0 aliphatic carbocycles. The normalized spacial score (nSPS) is 10.3. The highest BCUT2D eigenvalue weighted by atomic mass is 16.1. The molecule has 0 radical (unpaired) electrons. The third kappa shape index (κ3) is 2.09. The molecular weight excluding hydrogens is 150 g/mol. The lowest BCUT2D eigenvalue weighted by Gasteiger charge is -2.23. The van der Waals surface area contributed by atoms with Gasteiger partial charge in [0.15, 0.2) is 0 Å². The van der Waals surface area contributed by atoms with Crippen molar-refractivity contribution in [3.63, 3.8) is 0 Å². The standard InChI is InChI=1S/C10H15NO/c1-4-7-10(6-3,8-5-2)9(11)12/h4-6H,1-3,7-8H2,(H2,11,12). The lowest BCUT2D eigenvalue weighted by atomic mass is 9.80. The Bertz CT molecular complexity index is 196. The van der Waals surface area contributed by atoms with Crippen LogP contribution in [0.4, 0.5) is 0 Å². The molecule has 0 atom stereocenters. The van der Waals surface area contributed by atoms with Gasteiger partial charge in [-0.05, 0) is 12.8 Å². The van der Waals surface area contributed by atoms with Crippen LogP contribution in [-0.4, -0.2) is 5.91 Å². The number of hydrogen-bond acceptors (Lipinski definition) is 1. The van der Waals surface area contributed by atoms with Crippen molar-refractivity contribution in [2.45, 2.75) is 12.8 Å². The van der Waals surface area contributed by atoms with Crippen LogP contribution < -0.4 is 5.73 Å². The van der Waals surface area contributed by atoms with Gasteiger partial charge >= 0.3 is 0 Å². The highest BCUT2D eigenvalue weighted by Crippen LogP contribution is 2.28. The van der Waals surface area contributed by atoms with E-state index in [2.05, 4.69) is 19.7 Å². The fourth-order valence-electron chi connectivity index (χ4n) is 1.07. The average Bonchev–Trinajstić information content (AvgIpc) is 2.03. The highest BCUT2D eigenvalue weighted by molar-refractivity contribution is 5.83. The third-order valence-electron chi connectivity index (χ3n) is 1.90. The van der Waals surface area contributed by atoms with Gasteiger partial charge in [-0.2, -0.15) is 0 Å². The minimum absolute atomic E-state index is 0.377. The summed E-state index contributed by atoms with van der Waals surface area (Å²) in [7, 11) is 0. The summed E-state index contributed by atoms with van der Waals surface area (Å²) in [5.74, 6) is -0.377. The molecule has 0 aromatic heterocycles. The van der Waals surface area contributed by atoms with Gasteiger partial charge < -0.3 is 5.73 Å². The maximum atomic E-state index is 11.1. The molecule has 0 rings (SSSR count). The van der Waals surface area contributed by atoms with Crippen molar-refractivity contribution in [2.75, 3.05) is 0 Å². The molecule has 0 spiro atoms. The summed E-state index contributed by atoms with van der Waals surface area (Å²) in [5, 5.41) is 0. The Morgan fingerprint density at radius 2 is 1.67 bits per heavy atom. The predicted molar refractivity (Wildman–Crippen MR) is 51.5 cm³/mol. The monoisotopic (exact) mass is 165 g/mol. The average molecular weight is 165 g/mol. The number of carbonyl (C=O) groups is 1. The summed E-state index contributed by atoms with van der Waals surface area (Å²) >= 11 is 0. The predicted octanol–water partition coefficient (Wildman–Crippen LogP) is 1.80. The van der Waals surface area contributed by atoms with E-state index in [0.717, 1.165) is 0 Å². The van der Waals surface area contributed by atoms with Crippen LogP contribution in [0.5, 0.6) is 0 Å². The molecule has 0 saturated carbocycles. The molecular formula is C10H15NO. The molecule has 0 fully saturated rings. The molecule has 0 aromatic rings. The molecule has 1 amide bonds. The van der Waals surface area contributed by atoms with E-state index in [1.807, 2.05) is 0 Å². The molecule has 2 N–H and O–H groups in total. The molecule has 2 nitrogen and oxygen atoms in total. The van der Waals surface area contributed by atoms with E-state index in [9.17, 15) is 4.79 Å². The van der Waals surface area contributed by atoms with E-state index >= 15 is 0 Å². The van der Waals surface area contributed by atoms with Gasteiger partial charge in [-0.1, -0.05) is 18.2 Å². The van der Waals surface area contributed by atoms with Crippen molar-refractivity contribution in [3.05, 3.63) is 38.0 Å². The maximum absolute atomic E-state index is 11.1. The highest BCUT2D eigenvalue weighted by Gasteiger charge is 2.29. The SMILES string of the molecule is C=CCC(C=C)(CC=C)C(N)=O. The first-order valence-corrected chi connectivity index (χ1v) is 3.78. The molecule has 0 saturated heterocycles. The van der Waals surface area contributed by atoms with Crippen molar-refractivity contribution >= 4 is 5.91 Å². The van der Waals surface area contributed by atoms with Gasteiger partial charge in [-0.15, -0.1) is 19.7 Å². The quantitative estimate of drug-likeness (QED) is 0.599. The van der Waals surface area contributed by atoms with Gasteiger partial charge in [0.1, 0.15) is 0 Å². The van der Waals surface area contributed by atoms with Crippen LogP contribution >= 0.6 is 0 Å². The van der Waals surface area contributed by atoms with Crippen LogP contribution in [0.2, 0.25) is 0 Å². The lowest BCUT2D eigenvalue weighted by Crippen LogP contribution is -2.34. The second kappa shape index (κ2) is 4.54. The zero-order valence-corrected chi connectivity index (χ0v) is 7.25. The fourth-order valence-corrected chi connectivity index (χ4v) is 1.07. The smallest absolute Gasteiger partial charge is 0.228 e.